The van der Waals surface area contributed by atoms with Crippen molar-refractivity contribution in [1.82, 2.24) is 19.9 Å². The van der Waals surface area contributed by atoms with Crippen LogP contribution in [0.5, 0.6) is 11.8 Å². The number of benzene rings is 2. The summed E-state index contributed by atoms with van der Waals surface area (Å²) in [5.74, 6) is 1.41. The summed E-state index contributed by atoms with van der Waals surface area (Å²) in [6.45, 7) is 10.9. The van der Waals surface area contributed by atoms with E-state index in [1.54, 1.807) is 11.0 Å². The summed E-state index contributed by atoms with van der Waals surface area (Å²) in [6, 6.07) is 6.22. The number of hydrogen-bond donors (Lipinski definition) is 2. The lowest BCUT2D eigenvalue weighted by atomic mass is 9.81. The lowest BCUT2D eigenvalue weighted by Gasteiger charge is -2.46. The Balaban J connectivity index is 1.30. The summed E-state index contributed by atoms with van der Waals surface area (Å²) in [7, 11) is 0. The van der Waals surface area contributed by atoms with Gasteiger partial charge in [-0.05, 0) is 87.0 Å². The monoisotopic (exact) mass is 715 g/mol. The maximum absolute atomic E-state index is 17.0. The average Bonchev–Trinajstić information content (AvgIpc) is 3.32. The van der Waals surface area contributed by atoms with E-state index in [1.165, 1.54) is 24.4 Å². The quantitative estimate of drug-likeness (QED) is 0.220. The van der Waals surface area contributed by atoms with Gasteiger partial charge in [-0.2, -0.15) is 9.97 Å². The van der Waals surface area contributed by atoms with Crippen LogP contribution in [0.3, 0.4) is 0 Å². The molecule has 7 rings (SSSR count). The molecule has 2 aromatic heterocycles. The molecule has 5 heterocycles. The van der Waals surface area contributed by atoms with Gasteiger partial charge in [-0.15, -0.1) is 6.42 Å². The molecule has 0 bridgehead atoms. The van der Waals surface area contributed by atoms with E-state index in [1.807, 2.05) is 6.92 Å². The van der Waals surface area contributed by atoms with Crippen molar-refractivity contribution < 1.29 is 33.2 Å². The Morgan fingerprint density at radius 3 is 2.65 bits per heavy atom. The lowest BCUT2D eigenvalue weighted by molar-refractivity contribution is -0.0795. The second-order valence-corrected chi connectivity index (χ2v) is 15.2. The number of pyridine rings is 1. The number of phenols is 1. The van der Waals surface area contributed by atoms with Gasteiger partial charge in [-0.1, -0.05) is 25.8 Å². The number of hydrogen-bond acceptors (Lipinski definition) is 10. The van der Waals surface area contributed by atoms with Gasteiger partial charge in [0.15, 0.2) is 11.4 Å². The SMILES string of the molecule is C#C[C@@]1(O)COCCN(c2nc(OCC3(C)CCCN(C4C[C@@H](C)O[C@@H](C)C4)C3)nc3c(F)c(-c4cc(O)cc5ccc(F)c(CC)c45)ncc23)C1. The van der Waals surface area contributed by atoms with Crippen molar-refractivity contribution in [2.24, 2.45) is 5.41 Å². The van der Waals surface area contributed by atoms with Crippen LogP contribution >= 0.6 is 0 Å². The van der Waals surface area contributed by atoms with Crippen LogP contribution in [-0.4, -0.2) is 99.9 Å². The fraction of sp³-hybridized carbons (Fsp3) is 0.525. The number of terminal acetylenes is 1. The minimum absolute atomic E-state index is 0.0244. The highest BCUT2D eigenvalue weighted by Crippen LogP contribution is 2.40. The highest BCUT2D eigenvalue weighted by molar-refractivity contribution is 6.01. The zero-order chi connectivity index (χ0) is 36.8. The summed E-state index contributed by atoms with van der Waals surface area (Å²) in [6.07, 6.45) is 11.9. The smallest absolute Gasteiger partial charge is 0.319 e. The van der Waals surface area contributed by atoms with Gasteiger partial charge in [-0.3, -0.25) is 9.88 Å². The normalized spacial score (nSPS) is 27.4. The first kappa shape index (κ1) is 36.2. The highest BCUT2D eigenvalue weighted by Gasteiger charge is 2.38. The maximum Gasteiger partial charge on any atom is 0.319 e. The minimum atomic E-state index is -1.61. The molecule has 0 aliphatic carbocycles. The van der Waals surface area contributed by atoms with Crippen LogP contribution < -0.4 is 9.64 Å². The number of aromatic hydroxyl groups is 1. The fourth-order valence-electron chi connectivity index (χ4n) is 8.37. The maximum atomic E-state index is 17.0. The van der Waals surface area contributed by atoms with Crippen LogP contribution in [0.15, 0.2) is 30.5 Å². The predicted molar refractivity (Wildman–Crippen MR) is 195 cm³/mol. The molecule has 5 atom stereocenters. The molecule has 0 radical (unpaired) electrons. The number of ether oxygens (including phenoxy) is 3. The van der Waals surface area contributed by atoms with Gasteiger partial charge in [0.05, 0.1) is 44.0 Å². The summed E-state index contributed by atoms with van der Waals surface area (Å²) in [4.78, 5) is 18.2. The number of anilines is 1. The second kappa shape index (κ2) is 14.3. The first-order valence-corrected chi connectivity index (χ1v) is 18.2. The van der Waals surface area contributed by atoms with Gasteiger partial charge in [0.25, 0.3) is 0 Å². The number of piperidine rings is 1. The van der Waals surface area contributed by atoms with E-state index >= 15 is 8.78 Å². The molecule has 2 unspecified atom stereocenters. The molecule has 2 aromatic carbocycles. The third-order valence-electron chi connectivity index (χ3n) is 10.8. The highest BCUT2D eigenvalue weighted by atomic mass is 19.1. The van der Waals surface area contributed by atoms with Crippen LogP contribution in [0.4, 0.5) is 14.6 Å². The van der Waals surface area contributed by atoms with Crippen molar-refractivity contribution in [2.75, 3.05) is 50.9 Å². The van der Waals surface area contributed by atoms with Crippen molar-refractivity contribution in [3.05, 3.63) is 47.7 Å². The Morgan fingerprint density at radius 1 is 1.12 bits per heavy atom. The van der Waals surface area contributed by atoms with Crippen LogP contribution in [0.25, 0.3) is 32.9 Å². The largest absolute Gasteiger partial charge is 0.508 e. The molecule has 3 aliphatic rings. The number of aliphatic hydroxyl groups is 1. The first-order chi connectivity index (χ1) is 24.9. The Bertz CT molecular complexity index is 2010. The number of aromatic nitrogens is 3. The number of fused-ring (bicyclic) bond motifs is 2. The fourth-order valence-corrected chi connectivity index (χ4v) is 8.37. The molecule has 276 valence electrons. The number of halogens is 2. The Kier molecular flexibility index (Phi) is 9.99. The lowest BCUT2D eigenvalue weighted by Crippen LogP contribution is -2.52. The standard InChI is InChI=1S/C40H47F2N5O5/c1-6-29-32(41)10-9-26-17-28(48)18-30(33(26)29)35-34(42)36-31(19-43-35)37(47-13-14-50-23-40(49,7-2)21-47)45-38(44-36)51-22-39(5)11-8-12-46(20-39)27-15-24(3)52-25(4)16-27/h2,9-10,17-19,24-25,27,48-49H,6,8,11-16,20-23H2,1,3-5H3/t24-,25+,27?,39?,40-/m0/s1. The van der Waals surface area contributed by atoms with Crippen molar-refractivity contribution in [3.63, 3.8) is 0 Å². The Hall–Kier alpha value is -4.15. The third-order valence-corrected chi connectivity index (χ3v) is 10.8. The van der Waals surface area contributed by atoms with Gasteiger partial charge in [-0.25, -0.2) is 8.78 Å². The summed E-state index contributed by atoms with van der Waals surface area (Å²) in [5, 5.41) is 23.1. The van der Waals surface area contributed by atoms with Crippen LogP contribution in [0, 0.1) is 29.4 Å². The predicted octanol–water partition coefficient (Wildman–Crippen LogP) is 6.03. The van der Waals surface area contributed by atoms with E-state index in [0.717, 1.165) is 38.8 Å². The van der Waals surface area contributed by atoms with Crippen molar-refractivity contribution >= 4 is 27.5 Å². The van der Waals surface area contributed by atoms with Gasteiger partial charge in [0.2, 0.25) is 0 Å². The van der Waals surface area contributed by atoms with E-state index in [0.29, 0.717) is 47.8 Å². The number of rotatable bonds is 7. The Morgan fingerprint density at radius 2 is 1.90 bits per heavy atom. The van der Waals surface area contributed by atoms with E-state index in [2.05, 4.69) is 41.6 Å². The number of likely N-dealkylation sites (tertiary alicyclic amines) is 1. The van der Waals surface area contributed by atoms with Gasteiger partial charge in [0.1, 0.15) is 28.6 Å². The molecular formula is C40H47F2N5O5. The van der Waals surface area contributed by atoms with E-state index < -0.39 is 17.2 Å². The van der Waals surface area contributed by atoms with E-state index in [4.69, 9.17) is 25.6 Å². The summed E-state index contributed by atoms with van der Waals surface area (Å²) in [5.41, 5.74) is -1.36. The van der Waals surface area contributed by atoms with Gasteiger partial charge in [0, 0.05) is 36.3 Å². The zero-order valence-electron chi connectivity index (χ0n) is 30.3. The Labute approximate surface area is 303 Å². The zero-order valence-corrected chi connectivity index (χ0v) is 30.3. The first-order valence-electron chi connectivity index (χ1n) is 18.2. The molecule has 52 heavy (non-hydrogen) atoms. The van der Waals surface area contributed by atoms with E-state index in [-0.39, 0.29) is 71.3 Å². The molecule has 0 saturated carbocycles. The van der Waals surface area contributed by atoms with Crippen molar-refractivity contribution in [1.29, 1.82) is 0 Å². The molecule has 2 N–H and O–H groups in total. The topological polar surface area (TPSA) is 113 Å². The van der Waals surface area contributed by atoms with Gasteiger partial charge < -0.3 is 29.3 Å². The molecule has 4 aromatic rings. The van der Waals surface area contributed by atoms with Crippen molar-refractivity contribution in [3.8, 4) is 35.4 Å². The van der Waals surface area contributed by atoms with Crippen LogP contribution in [-0.2, 0) is 15.9 Å². The molecule has 0 amide bonds. The average molecular weight is 716 g/mol. The molecule has 3 aliphatic heterocycles. The van der Waals surface area contributed by atoms with Crippen LogP contribution in [0.2, 0.25) is 0 Å². The molecule has 10 nitrogen and oxygen atoms in total. The van der Waals surface area contributed by atoms with Crippen LogP contribution in [0.1, 0.15) is 58.9 Å². The second-order valence-electron chi connectivity index (χ2n) is 15.2. The summed E-state index contributed by atoms with van der Waals surface area (Å²) >= 11 is 0. The van der Waals surface area contributed by atoms with Crippen molar-refractivity contribution in [2.45, 2.75) is 83.6 Å². The molecule has 3 saturated heterocycles. The molecule has 12 heteroatoms. The van der Waals surface area contributed by atoms with Gasteiger partial charge >= 0.3 is 6.01 Å². The number of aryl methyl sites for hydroxylation is 1. The molecule has 3 fully saturated rings. The third kappa shape index (κ3) is 7.12. The molecule has 0 spiro atoms. The van der Waals surface area contributed by atoms with E-state index in [9.17, 15) is 10.2 Å². The minimum Gasteiger partial charge on any atom is -0.508 e. The molecular weight excluding hydrogens is 668 g/mol. The summed E-state index contributed by atoms with van der Waals surface area (Å²) < 4.78 is 50.2. The number of phenolic OH excluding ortho intramolecular Hbond substituents is 1. The number of nitrogens with zero attached hydrogens (tertiary/aromatic N) is 5. The number of β-amino-alcohol motifs (C(OH)–C–C–N with tert-alkyl or cyclic N) is 1.